The molecule has 0 bridgehead atoms. The molecule has 218 valence electrons. The van der Waals surface area contributed by atoms with Gasteiger partial charge in [-0.3, -0.25) is 9.05 Å². The summed E-state index contributed by atoms with van der Waals surface area (Å²) in [6.07, 6.45) is 23.4. The molecule has 0 saturated heterocycles. The zero-order chi connectivity index (χ0) is 27.0. The molecule has 1 unspecified atom stereocenters. The van der Waals surface area contributed by atoms with E-state index in [4.69, 9.17) is 13.8 Å². The van der Waals surface area contributed by atoms with Crippen LogP contribution in [-0.4, -0.2) is 74.7 Å². The first-order valence-corrected chi connectivity index (χ1v) is 16.3. The van der Waals surface area contributed by atoms with Crippen molar-refractivity contribution in [3.8, 4) is 0 Å². The van der Waals surface area contributed by atoms with Crippen molar-refractivity contribution < 1.29 is 32.8 Å². The molecule has 8 heteroatoms. The van der Waals surface area contributed by atoms with Crippen molar-refractivity contribution in [2.75, 3.05) is 54.1 Å². The molecular weight excluding hydrogens is 477 g/mol. The van der Waals surface area contributed by atoms with Crippen molar-refractivity contribution in [1.29, 1.82) is 0 Å². The monoisotopic (exact) mass is 538 g/mol. The highest BCUT2D eigenvalue weighted by Gasteiger charge is 2.24. The maximum Gasteiger partial charge on any atom is 0.472 e. The van der Waals surface area contributed by atoms with Crippen molar-refractivity contribution in [3.05, 3.63) is 0 Å². The SMILES string of the molecule is CCCCCCCCCCCCCCCCCCCCO[C@H](CO)COP(=O)(O)OCC[N+](C)(C)C. The lowest BCUT2D eigenvalue weighted by Gasteiger charge is -2.24. The molecular formula is C28H61NO6P+. The largest absolute Gasteiger partial charge is 0.472 e. The van der Waals surface area contributed by atoms with Crippen LogP contribution in [0.4, 0.5) is 0 Å². The van der Waals surface area contributed by atoms with Crippen molar-refractivity contribution in [3.63, 3.8) is 0 Å². The van der Waals surface area contributed by atoms with Gasteiger partial charge in [-0.05, 0) is 6.42 Å². The second-order valence-corrected chi connectivity index (χ2v) is 12.8. The number of phosphoric acid groups is 1. The fraction of sp³-hybridized carbons (Fsp3) is 1.00. The molecule has 0 aromatic rings. The topological polar surface area (TPSA) is 85.2 Å². The van der Waals surface area contributed by atoms with Crippen LogP contribution < -0.4 is 0 Å². The van der Waals surface area contributed by atoms with Gasteiger partial charge >= 0.3 is 7.82 Å². The molecule has 0 saturated carbocycles. The molecule has 0 heterocycles. The predicted molar refractivity (Wildman–Crippen MR) is 150 cm³/mol. The molecule has 0 radical (unpaired) electrons. The van der Waals surface area contributed by atoms with Crippen molar-refractivity contribution in [1.82, 2.24) is 0 Å². The Morgan fingerprint density at radius 1 is 0.667 bits per heavy atom. The van der Waals surface area contributed by atoms with E-state index in [0.717, 1.165) is 12.8 Å². The number of aliphatic hydroxyl groups is 1. The molecule has 2 atom stereocenters. The van der Waals surface area contributed by atoms with Gasteiger partial charge in [0.15, 0.2) is 0 Å². The van der Waals surface area contributed by atoms with Gasteiger partial charge in [0.05, 0.1) is 34.4 Å². The molecule has 0 aliphatic carbocycles. The average Bonchev–Trinajstić information content (AvgIpc) is 2.81. The number of unbranched alkanes of at least 4 members (excludes halogenated alkanes) is 17. The average molecular weight is 539 g/mol. The Bertz CT molecular complexity index is 515. The van der Waals surface area contributed by atoms with Gasteiger partial charge in [0.1, 0.15) is 19.3 Å². The maximum atomic E-state index is 11.9. The van der Waals surface area contributed by atoms with Crippen molar-refractivity contribution in [2.45, 2.75) is 129 Å². The van der Waals surface area contributed by atoms with E-state index in [1.807, 2.05) is 21.1 Å². The molecule has 0 aliphatic heterocycles. The molecule has 0 fully saturated rings. The first-order chi connectivity index (χ1) is 17.2. The van der Waals surface area contributed by atoms with Crippen LogP contribution >= 0.6 is 7.82 Å². The summed E-state index contributed by atoms with van der Waals surface area (Å²) in [7, 11) is 1.80. The standard InChI is InChI=1S/C28H60NO6P/c1-5-6-7-8-9-10-11-12-13-14-15-16-17-18-19-20-21-22-24-33-28(26-30)27-35-36(31,32)34-25-23-29(2,3)4/h28,30H,5-27H2,1-4H3/p+1/t28-/m1/s1. The Morgan fingerprint density at radius 2 is 1.08 bits per heavy atom. The number of aliphatic hydroxyl groups excluding tert-OH is 1. The van der Waals surface area contributed by atoms with Crippen molar-refractivity contribution in [2.24, 2.45) is 0 Å². The second kappa shape index (κ2) is 24.1. The van der Waals surface area contributed by atoms with Gasteiger partial charge in [-0.1, -0.05) is 116 Å². The van der Waals surface area contributed by atoms with E-state index in [1.165, 1.54) is 103 Å². The van der Waals surface area contributed by atoms with E-state index in [-0.39, 0.29) is 19.8 Å². The molecule has 0 aromatic carbocycles. The van der Waals surface area contributed by atoms with Gasteiger partial charge in [-0.25, -0.2) is 4.57 Å². The van der Waals surface area contributed by atoms with E-state index in [1.54, 1.807) is 0 Å². The molecule has 0 rings (SSSR count). The number of ether oxygens (including phenoxy) is 1. The molecule has 0 aliphatic rings. The zero-order valence-electron chi connectivity index (χ0n) is 24.3. The van der Waals surface area contributed by atoms with Gasteiger partial charge in [0.25, 0.3) is 0 Å². The normalized spacial score (nSPS) is 14.7. The number of quaternary nitrogens is 1. The van der Waals surface area contributed by atoms with Crippen LogP contribution in [0.25, 0.3) is 0 Å². The van der Waals surface area contributed by atoms with Crippen LogP contribution in [-0.2, 0) is 18.3 Å². The van der Waals surface area contributed by atoms with E-state index >= 15 is 0 Å². The van der Waals surface area contributed by atoms with Crippen LogP contribution in [0, 0.1) is 0 Å². The predicted octanol–water partition coefficient (Wildman–Crippen LogP) is 7.25. The number of nitrogens with zero attached hydrogens (tertiary/aromatic N) is 1. The highest BCUT2D eigenvalue weighted by atomic mass is 31.2. The Morgan fingerprint density at radius 3 is 1.47 bits per heavy atom. The smallest absolute Gasteiger partial charge is 0.394 e. The van der Waals surface area contributed by atoms with Gasteiger partial charge in [-0.2, -0.15) is 0 Å². The summed E-state index contributed by atoms with van der Waals surface area (Å²) in [5.74, 6) is 0. The van der Waals surface area contributed by atoms with E-state index in [0.29, 0.717) is 17.6 Å². The fourth-order valence-corrected chi connectivity index (χ4v) is 4.79. The molecule has 2 N–H and O–H groups in total. The number of hydrogen-bond acceptors (Lipinski definition) is 5. The summed E-state index contributed by atoms with van der Waals surface area (Å²) in [4.78, 5) is 9.76. The first kappa shape index (κ1) is 36.0. The highest BCUT2D eigenvalue weighted by molar-refractivity contribution is 7.47. The van der Waals surface area contributed by atoms with Gasteiger partial charge < -0.3 is 19.2 Å². The minimum atomic E-state index is -4.13. The summed E-state index contributed by atoms with van der Waals surface area (Å²) in [5, 5.41) is 9.44. The third kappa shape index (κ3) is 27.0. The number of hydrogen-bond donors (Lipinski definition) is 2. The lowest BCUT2D eigenvalue weighted by molar-refractivity contribution is -0.870. The van der Waals surface area contributed by atoms with Crippen LogP contribution in [0.1, 0.15) is 122 Å². The summed E-state index contributed by atoms with van der Waals surface area (Å²) in [5.41, 5.74) is 0. The molecule has 0 amide bonds. The fourth-order valence-electron chi connectivity index (χ4n) is 4.05. The lowest BCUT2D eigenvalue weighted by atomic mass is 10.0. The Kier molecular flexibility index (Phi) is 24.1. The molecule has 7 nitrogen and oxygen atoms in total. The quantitative estimate of drug-likeness (QED) is 0.0620. The minimum absolute atomic E-state index is 0.126. The van der Waals surface area contributed by atoms with Gasteiger partial charge in [0.2, 0.25) is 0 Å². The third-order valence-corrected chi connectivity index (χ3v) is 7.48. The Balaban J connectivity index is 3.46. The van der Waals surface area contributed by atoms with E-state index in [9.17, 15) is 14.6 Å². The highest BCUT2D eigenvalue weighted by Crippen LogP contribution is 2.43. The Hall–Kier alpha value is -0.0100. The molecule has 0 spiro atoms. The van der Waals surface area contributed by atoms with Crippen LogP contribution in [0.2, 0.25) is 0 Å². The lowest BCUT2D eigenvalue weighted by Crippen LogP contribution is -2.37. The summed E-state index contributed by atoms with van der Waals surface area (Å²) in [6.45, 7) is 3.10. The zero-order valence-corrected chi connectivity index (χ0v) is 25.2. The summed E-state index contributed by atoms with van der Waals surface area (Å²) >= 11 is 0. The van der Waals surface area contributed by atoms with Crippen molar-refractivity contribution >= 4 is 7.82 Å². The van der Waals surface area contributed by atoms with E-state index in [2.05, 4.69) is 6.92 Å². The third-order valence-electron chi connectivity index (χ3n) is 6.50. The summed E-state index contributed by atoms with van der Waals surface area (Å²) < 4.78 is 28.1. The van der Waals surface area contributed by atoms with E-state index < -0.39 is 13.9 Å². The van der Waals surface area contributed by atoms with Crippen LogP contribution in [0.15, 0.2) is 0 Å². The van der Waals surface area contributed by atoms with Gasteiger partial charge in [-0.15, -0.1) is 0 Å². The van der Waals surface area contributed by atoms with Crippen LogP contribution in [0.3, 0.4) is 0 Å². The number of phosphoric ester groups is 1. The molecule has 0 aromatic heterocycles. The number of likely N-dealkylation sites (N-methyl/N-ethyl adjacent to an activating group) is 1. The second-order valence-electron chi connectivity index (χ2n) is 11.3. The number of rotatable bonds is 28. The first-order valence-electron chi connectivity index (χ1n) is 14.8. The van der Waals surface area contributed by atoms with Crippen LogP contribution in [0.5, 0.6) is 0 Å². The van der Waals surface area contributed by atoms with Gasteiger partial charge in [0, 0.05) is 6.61 Å². The summed E-state index contributed by atoms with van der Waals surface area (Å²) in [6, 6.07) is 0. The Labute approximate surface area is 223 Å². The maximum absolute atomic E-state index is 11.9. The molecule has 36 heavy (non-hydrogen) atoms. The minimum Gasteiger partial charge on any atom is -0.394 e.